The number of aromatic nitrogens is 1. The number of carbonyl (C=O) groups excluding carboxylic acids is 1. The summed E-state index contributed by atoms with van der Waals surface area (Å²) in [5.74, 6) is 0.367. The molecule has 1 saturated heterocycles. The number of pyridine rings is 1. The number of sulfonamides is 1. The lowest BCUT2D eigenvalue weighted by molar-refractivity contribution is -0.117. The highest BCUT2D eigenvalue weighted by atomic mass is 32.2. The van der Waals surface area contributed by atoms with Crippen LogP contribution >= 0.6 is 0 Å². The first-order chi connectivity index (χ1) is 15.3. The van der Waals surface area contributed by atoms with Gasteiger partial charge < -0.3 is 9.64 Å². The van der Waals surface area contributed by atoms with Crippen LogP contribution in [0.2, 0.25) is 0 Å². The number of benzene rings is 2. The molecule has 9 heteroatoms. The number of carbonyl (C=O) groups is 1. The van der Waals surface area contributed by atoms with E-state index >= 15 is 0 Å². The van der Waals surface area contributed by atoms with Gasteiger partial charge in [0.05, 0.1) is 4.90 Å². The summed E-state index contributed by atoms with van der Waals surface area (Å²) in [6.45, 7) is 2.39. The number of amides is 1. The minimum absolute atomic E-state index is 0.0381. The van der Waals surface area contributed by atoms with E-state index < -0.39 is 10.0 Å². The summed E-state index contributed by atoms with van der Waals surface area (Å²) < 4.78 is 46.9. The number of halogens is 1. The third-order valence-electron chi connectivity index (χ3n) is 5.13. The number of hydrogen-bond donors (Lipinski definition) is 1. The Morgan fingerprint density at radius 3 is 2.59 bits per heavy atom. The van der Waals surface area contributed by atoms with Crippen molar-refractivity contribution < 1.29 is 22.3 Å². The minimum Gasteiger partial charge on any atom is -0.439 e. The molecule has 0 spiro atoms. The van der Waals surface area contributed by atoms with Gasteiger partial charge in [0.15, 0.2) is 0 Å². The summed E-state index contributed by atoms with van der Waals surface area (Å²) in [7, 11) is -3.78. The summed E-state index contributed by atoms with van der Waals surface area (Å²) in [6, 6.07) is 13.7. The standard InChI is InChI=1S/C23H22FN3O4S/c1-16-13-19(27-12-2-3-23(27)28)6-9-21(16)32(29,30)26-15-17-10-11-25-22(14-17)31-20-7-4-18(24)5-8-20/h4-11,13-14,26H,2-3,12,15H2,1H3. The van der Waals surface area contributed by atoms with Gasteiger partial charge in [-0.3, -0.25) is 4.79 Å². The van der Waals surface area contributed by atoms with Crippen LogP contribution in [0.15, 0.2) is 65.7 Å². The van der Waals surface area contributed by atoms with E-state index in [0.717, 1.165) is 6.42 Å². The number of hydrogen-bond acceptors (Lipinski definition) is 5. The SMILES string of the molecule is Cc1cc(N2CCCC2=O)ccc1S(=O)(=O)NCc1ccnc(Oc2ccc(F)cc2)c1. The number of aryl methyl sites for hydroxylation is 1. The summed E-state index contributed by atoms with van der Waals surface area (Å²) >= 11 is 0. The van der Waals surface area contributed by atoms with Crippen molar-refractivity contribution in [2.75, 3.05) is 11.4 Å². The van der Waals surface area contributed by atoms with Gasteiger partial charge in [-0.25, -0.2) is 22.5 Å². The molecule has 1 N–H and O–H groups in total. The first-order valence-corrected chi connectivity index (χ1v) is 11.6. The van der Waals surface area contributed by atoms with Crippen LogP contribution in [-0.4, -0.2) is 25.9 Å². The topological polar surface area (TPSA) is 88.6 Å². The molecule has 3 aromatic rings. The van der Waals surface area contributed by atoms with E-state index in [1.807, 2.05) is 0 Å². The Labute approximate surface area is 185 Å². The zero-order chi connectivity index (χ0) is 22.7. The van der Waals surface area contributed by atoms with Crippen molar-refractivity contribution in [3.05, 3.63) is 77.7 Å². The van der Waals surface area contributed by atoms with Crippen molar-refractivity contribution in [1.29, 1.82) is 0 Å². The van der Waals surface area contributed by atoms with Crippen molar-refractivity contribution in [2.24, 2.45) is 0 Å². The first kappa shape index (κ1) is 21.9. The van der Waals surface area contributed by atoms with Crippen LogP contribution in [0.4, 0.5) is 10.1 Å². The molecule has 1 fully saturated rings. The van der Waals surface area contributed by atoms with Crippen molar-refractivity contribution in [1.82, 2.24) is 9.71 Å². The average Bonchev–Trinajstić information content (AvgIpc) is 3.20. The first-order valence-electron chi connectivity index (χ1n) is 10.1. The fourth-order valence-corrected chi connectivity index (χ4v) is 4.76. The van der Waals surface area contributed by atoms with Crippen molar-refractivity contribution in [2.45, 2.75) is 31.2 Å². The second-order valence-corrected chi connectivity index (χ2v) is 9.22. The molecule has 0 aliphatic carbocycles. The van der Waals surface area contributed by atoms with Crippen LogP contribution in [0.3, 0.4) is 0 Å². The van der Waals surface area contributed by atoms with Gasteiger partial charge in [-0.15, -0.1) is 0 Å². The zero-order valence-electron chi connectivity index (χ0n) is 17.4. The van der Waals surface area contributed by atoms with E-state index in [4.69, 9.17) is 4.74 Å². The molecule has 166 valence electrons. The quantitative estimate of drug-likeness (QED) is 0.583. The van der Waals surface area contributed by atoms with Gasteiger partial charge in [0.1, 0.15) is 11.6 Å². The summed E-state index contributed by atoms with van der Waals surface area (Å²) in [4.78, 5) is 17.9. The zero-order valence-corrected chi connectivity index (χ0v) is 18.2. The summed E-state index contributed by atoms with van der Waals surface area (Å²) in [5.41, 5.74) is 1.92. The second kappa shape index (κ2) is 9.05. The highest BCUT2D eigenvalue weighted by Crippen LogP contribution is 2.26. The molecule has 1 aliphatic heterocycles. The average molecular weight is 456 g/mol. The summed E-state index contributed by atoms with van der Waals surface area (Å²) in [5, 5.41) is 0. The van der Waals surface area contributed by atoms with Crippen LogP contribution in [0.25, 0.3) is 0 Å². The molecule has 0 bridgehead atoms. The second-order valence-electron chi connectivity index (χ2n) is 7.48. The van der Waals surface area contributed by atoms with Gasteiger partial charge in [-0.05, 0) is 73.0 Å². The fourth-order valence-electron chi connectivity index (χ4n) is 3.52. The third kappa shape index (κ3) is 4.95. The van der Waals surface area contributed by atoms with Crippen molar-refractivity contribution in [3.63, 3.8) is 0 Å². The molecule has 4 rings (SSSR count). The monoisotopic (exact) mass is 455 g/mol. The molecule has 1 aromatic heterocycles. The van der Waals surface area contributed by atoms with Gasteiger partial charge >= 0.3 is 0 Å². The Balaban J connectivity index is 1.45. The molecule has 2 aromatic carbocycles. The Morgan fingerprint density at radius 2 is 1.91 bits per heavy atom. The molecule has 0 atom stereocenters. The maximum absolute atomic E-state index is 13.0. The maximum Gasteiger partial charge on any atom is 0.241 e. The van der Waals surface area contributed by atoms with Crippen LogP contribution < -0.4 is 14.4 Å². The lowest BCUT2D eigenvalue weighted by Gasteiger charge is -2.18. The predicted octanol–water partition coefficient (Wildman–Crippen LogP) is 3.93. The lowest BCUT2D eigenvalue weighted by Crippen LogP contribution is -2.26. The normalized spacial score (nSPS) is 14.1. The molecule has 1 amide bonds. The maximum atomic E-state index is 13.0. The van der Waals surface area contributed by atoms with E-state index in [9.17, 15) is 17.6 Å². The highest BCUT2D eigenvalue weighted by Gasteiger charge is 2.24. The molecule has 0 unspecified atom stereocenters. The highest BCUT2D eigenvalue weighted by molar-refractivity contribution is 7.89. The van der Waals surface area contributed by atoms with Gasteiger partial charge in [0.2, 0.25) is 21.8 Å². The van der Waals surface area contributed by atoms with E-state index in [-0.39, 0.29) is 29.0 Å². The van der Waals surface area contributed by atoms with E-state index in [0.29, 0.717) is 35.5 Å². The van der Waals surface area contributed by atoms with Gasteiger partial charge in [0, 0.05) is 37.5 Å². The Hall–Kier alpha value is -3.30. The van der Waals surface area contributed by atoms with Crippen LogP contribution in [-0.2, 0) is 21.4 Å². The third-order valence-corrected chi connectivity index (χ3v) is 6.70. The van der Waals surface area contributed by atoms with Gasteiger partial charge in [-0.2, -0.15) is 0 Å². The largest absolute Gasteiger partial charge is 0.439 e. The lowest BCUT2D eigenvalue weighted by atomic mass is 10.2. The molecule has 1 aliphatic rings. The summed E-state index contributed by atoms with van der Waals surface area (Å²) in [6.07, 6.45) is 2.83. The molecular formula is C23H22FN3O4S. The number of rotatable bonds is 7. The van der Waals surface area contributed by atoms with Gasteiger partial charge in [0.25, 0.3) is 0 Å². The Bertz CT molecular complexity index is 1250. The van der Waals surface area contributed by atoms with Crippen molar-refractivity contribution >= 4 is 21.6 Å². The van der Waals surface area contributed by atoms with E-state index in [1.165, 1.54) is 36.5 Å². The van der Waals surface area contributed by atoms with Crippen LogP contribution in [0.1, 0.15) is 24.0 Å². The number of nitrogens with one attached hydrogen (secondary N) is 1. The number of nitrogens with zero attached hydrogens (tertiary/aromatic N) is 2. The molecule has 0 saturated carbocycles. The Kier molecular flexibility index (Phi) is 6.20. The van der Waals surface area contributed by atoms with Crippen LogP contribution in [0.5, 0.6) is 11.6 Å². The molecule has 32 heavy (non-hydrogen) atoms. The smallest absolute Gasteiger partial charge is 0.241 e. The van der Waals surface area contributed by atoms with Crippen molar-refractivity contribution in [3.8, 4) is 11.6 Å². The Morgan fingerprint density at radius 1 is 1.12 bits per heavy atom. The number of ether oxygens (including phenoxy) is 1. The van der Waals surface area contributed by atoms with Gasteiger partial charge in [-0.1, -0.05) is 0 Å². The van der Waals surface area contributed by atoms with E-state index in [2.05, 4.69) is 9.71 Å². The molecular weight excluding hydrogens is 433 g/mol. The van der Waals surface area contributed by atoms with E-state index in [1.54, 1.807) is 36.1 Å². The molecule has 7 nitrogen and oxygen atoms in total. The minimum atomic E-state index is -3.78. The van der Waals surface area contributed by atoms with Crippen LogP contribution in [0, 0.1) is 12.7 Å². The predicted molar refractivity (Wildman–Crippen MR) is 118 cm³/mol. The molecule has 2 heterocycles. The number of anilines is 1. The fraction of sp³-hybridized carbons (Fsp3) is 0.217. The molecule has 0 radical (unpaired) electrons.